The predicted octanol–water partition coefficient (Wildman–Crippen LogP) is 1.02. The largest absolute Gasteiger partial charge is 0.378 e. The number of morpholine rings is 1. The lowest BCUT2D eigenvalue weighted by Crippen LogP contribution is -2.50. The Labute approximate surface area is 128 Å². The summed E-state index contributed by atoms with van der Waals surface area (Å²) < 4.78 is 5.20. The molecule has 2 rings (SSSR count). The highest BCUT2D eigenvalue weighted by Gasteiger charge is 2.24. The smallest absolute Gasteiger partial charge is 0.252 e. The molecule has 7 heteroatoms. The maximum absolute atomic E-state index is 12.2. The van der Waals surface area contributed by atoms with E-state index in [2.05, 4.69) is 10.3 Å². The van der Waals surface area contributed by atoms with Gasteiger partial charge in [0.1, 0.15) is 11.2 Å². The number of carbonyl (C=O) groups excluding carboxylic acids is 2. The summed E-state index contributed by atoms with van der Waals surface area (Å²) in [5.41, 5.74) is 1.05. The van der Waals surface area contributed by atoms with Crippen LogP contribution in [0.5, 0.6) is 0 Å². The molecule has 1 fully saturated rings. The molecule has 0 spiro atoms. The molecule has 1 atom stereocenters. The molecule has 1 aliphatic heterocycles. The van der Waals surface area contributed by atoms with Crippen molar-refractivity contribution in [2.75, 3.05) is 26.3 Å². The lowest BCUT2D eigenvalue weighted by atomic mass is 10.2. The number of nitrogens with zero attached hydrogens (tertiary/aromatic N) is 2. The van der Waals surface area contributed by atoms with Gasteiger partial charge in [-0.15, -0.1) is 0 Å². The first-order chi connectivity index (χ1) is 9.97. The molecule has 2 heterocycles. The summed E-state index contributed by atoms with van der Waals surface area (Å²) in [5, 5.41) is 2.95. The summed E-state index contributed by atoms with van der Waals surface area (Å²) in [6.07, 6.45) is 0. The molecule has 0 aromatic carbocycles. The van der Waals surface area contributed by atoms with E-state index in [9.17, 15) is 9.59 Å². The monoisotopic (exact) mass is 311 g/mol. The molecular weight excluding hydrogens is 294 g/mol. The Morgan fingerprint density at radius 2 is 2.05 bits per heavy atom. The number of ether oxygens (including phenoxy) is 1. The molecule has 2 amide bonds. The maximum Gasteiger partial charge on any atom is 0.252 e. The lowest BCUT2D eigenvalue weighted by molar-refractivity contribution is -0.136. The van der Waals surface area contributed by atoms with Gasteiger partial charge in [-0.25, -0.2) is 4.98 Å². The Morgan fingerprint density at radius 1 is 1.38 bits per heavy atom. The van der Waals surface area contributed by atoms with E-state index < -0.39 is 6.04 Å². The third-order valence-corrected chi connectivity index (χ3v) is 3.42. The number of hydrogen-bond acceptors (Lipinski definition) is 4. The second-order valence-electron chi connectivity index (χ2n) is 4.95. The van der Waals surface area contributed by atoms with Crippen molar-refractivity contribution in [1.29, 1.82) is 0 Å². The zero-order valence-corrected chi connectivity index (χ0v) is 12.8. The molecule has 1 unspecified atom stereocenters. The minimum atomic E-state index is -0.595. The average Bonchev–Trinajstić information content (AvgIpc) is 2.46. The molecule has 1 aromatic rings. The molecule has 21 heavy (non-hydrogen) atoms. The van der Waals surface area contributed by atoms with Gasteiger partial charge in [-0.3, -0.25) is 9.59 Å². The van der Waals surface area contributed by atoms with E-state index in [0.717, 1.165) is 0 Å². The standard InChI is InChI=1S/C14H18ClN3O3/c1-9-7-11(8-12(15)16-9)13(19)17-10(2)14(20)18-3-5-21-6-4-18/h7-8,10H,3-6H2,1-2H3,(H,17,19). The van der Waals surface area contributed by atoms with E-state index >= 15 is 0 Å². The third-order valence-electron chi connectivity index (χ3n) is 3.23. The van der Waals surface area contributed by atoms with E-state index in [1.54, 1.807) is 24.8 Å². The lowest BCUT2D eigenvalue weighted by Gasteiger charge is -2.29. The summed E-state index contributed by atoms with van der Waals surface area (Å²) in [6, 6.07) is 2.52. The van der Waals surface area contributed by atoms with Crippen molar-refractivity contribution in [3.8, 4) is 0 Å². The average molecular weight is 312 g/mol. The second kappa shape index (κ2) is 6.87. The maximum atomic E-state index is 12.2. The molecule has 6 nitrogen and oxygen atoms in total. The zero-order valence-electron chi connectivity index (χ0n) is 12.1. The summed E-state index contributed by atoms with van der Waals surface area (Å²) in [4.78, 5) is 30.1. The molecule has 0 saturated carbocycles. The fourth-order valence-electron chi connectivity index (χ4n) is 2.16. The van der Waals surface area contributed by atoms with Gasteiger partial charge in [0.05, 0.1) is 13.2 Å². The fraction of sp³-hybridized carbons (Fsp3) is 0.500. The van der Waals surface area contributed by atoms with Crippen molar-refractivity contribution in [3.63, 3.8) is 0 Å². The molecule has 1 saturated heterocycles. The summed E-state index contributed by atoms with van der Waals surface area (Å²) in [6.45, 7) is 5.60. The molecule has 1 N–H and O–H groups in total. The van der Waals surface area contributed by atoms with Gasteiger partial charge < -0.3 is 15.0 Å². The van der Waals surface area contributed by atoms with Gasteiger partial charge in [-0.05, 0) is 26.0 Å². The highest BCUT2D eigenvalue weighted by molar-refractivity contribution is 6.29. The van der Waals surface area contributed by atoms with Crippen molar-refractivity contribution < 1.29 is 14.3 Å². The number of hydrogen-bond donors (Lipinski definition) is 1. The molecular formula is C14H18ClN3O3. The predicted molar refractivity (Wildman–Crippen MR) is 78.3 cm³/mol. The highest BCUT2D eigenvalue weighted by Crippen LogP contribution is 2.11. The molecule has 0 bridgehead atoms. The number of nitrogens with one attached hydrogen (secondary N) is 1. The van der Waals surface area contributed by atoms with Crippen LogP contribution in [-0.4, -0.2) is 54.0 Å². The Morgan fingerprint density at radius 3 is 2.67 bits per heavy atom. The van der Waals surface area contributed by atoms with Crippen LogP contribution in [0.15, 0.2) is 12.1 Å². The zero-order chi connectivity index (χ0) is 15.4. The highest BCUT2D eigenvalue weighted by atomic mass is 35.5. The van der Waals surface area contributed by atoms with Crippen LogP contribution in [0.3, 0.4) is 0 Å². The number of carbonyl (C=O) groups is 2. The van der Waals surface area contributed by atoms with Gasteiger partial charge in [0.15, 0.2) is 0 Å². The summed E-state index contributed by atoms with van der Waals surface area (Å²) >= 11 is 5.83. The van der Waals surface area contributed by atoms with Gasteiger partial charge >= 0.3 is 0 Å². The number of pyridine rings is 1. The van der Waals surface area contributed by atoms with Crippen LogP contribution in [-0.2, 0) is 9.53 Å². The van der Waals surface area contributed by atoms with Gasteiger partial charge in [-0.2, -0.15) is 0 Å². The normalized spacial score (nSPS) is 16.4. The molecule has 114 valence electrons. The molecule has 0 radical (unpaired) electrons. The minimum Gasteiger partial charge on any atom is -0.378 e. The molecule has 1 aliphatic rings. The van der Waals surface area contributed by atoms with E-state index in [0.29, 0.717) is 37.6 Å². The Kier molecular flexibility index (Phi) is 5.14. The SMILES string of the molecule is Cc1cc(C(=O)NC(C)C(=O)N2CCOCC2)cc(Cl)n1. The van der Waals surface area contributed by atoms with Crippen LogP contribution in [0.25, 0.3) is 0 Å². The van der Waals surface area contributed by atoms with Crippen molar-refractivity contribution in [3.05, 3.63) is 28.5 Å². The second-order valence-corrected chi connectivity index (χ2v) is 5.34. The van der Waals surface area contributed by atoms with Crippen LogP contribution in [0.4, 0.5) is 0 Å². The van der Waals surface area contributed by atoms with Gasteiger partial charge in [0.2, 0.25) is 5.91 Å². The van der Waals surface area contributed by atoms with E-state index in [4.69, 9.17) is 16.3 Å². The van der Waals surface area contributed by atoms with Crippen molar-refractivity contribution in [2.24, 2.45) is 0 Å². The number of aromatic nitrogens is 1. The van der Waals surface area contributed by atoms with Crippen LogP contribution < -0.4 is 5.32 Å². The van der Waals surface area contributed by atoms with Crippen molar-refractivity contribution in [1.82, 2.24) is 15.2 Å². The van der Waals surface area contributed by atoms with E-state index in [1.807, 2.05) is 0 Å². The van der Waals surface area contributed by atoms with Gasteiger partial charge in [0, 0.05) is 24.3 Å². The van der Waals surface area contributed by atoms with Crippen LogP contribution in [0.2, 0.25) is 5.15 Å². The first-order valence-electron chi connectivity index (χ1n) is 6.79. The minimum absolute atomic E-state index is 0.108. The first-order valence-corrected chi connectivity index (χ1v) is 7.17. The van der Waals surface area contributed by atoms with Crippen LogP contribution in [0.1, 0.15) is 23.0 Å². The topological polar surface area (TPSA) is 71.5 Å². The third kappa shape index (κ3) is 4.15. The molecule has 1 aromatic heterocycles. The Bertz CT molecular complexity index is 524. The van der Waals surface area contributed by atoms with Crippen molar-refractivity contribution in [2.45, 2.75) is 19.9 Å². The fourth-order valence-corrected chi connectivity index (χ4v) is 2.41. The first kappa shape index (κ1) is 15.7. The van der Waals surface area contributed by atoms with Crippen LogP contribution in [0, 0.1) is 6.92 Å². The summed E-state index contributed by atoms with van der Waals surface area (Å²) in [7, 11) is 0. The summed E-state index contributed by atoms with van der Waals surface area (Å²) in [5.74, 6) is -0.444. The van der Waals surface area contributed by atoms with Crippen molar-refractivity contribution >= 4 is 23.4 Å². The number of halogens is 1. The van der Waals surface area contributed by atoms with E-state index in [1.165, 1.54) is 6.07 Å². The number of aryl methyl sites for hydroxylation is 1. The number of amides is 2. The van der Waals surface area contributed by atoms with Crippen LogP contribution >= 0.6 is 11.6 Å². The Balaban J connectivity index is 1.99. The van der Waals surface area contributed by atoms with Gasteiger partial charge in [-0.1, -0.05) is 11.6 Å². The molecule has 0 aliphatic carbocycles. The number of rotatable bonds is 3. The quantitative estimate of drug-likeness (QED) is 0.846. The Hall–Kier alpha value is -1.66. The van der Waals surface area contributed by atoms with E-state index in [-0.39, 0.29) is 17.0 Å². The van der Waals surface area contributed by atoms with Gasteiger partial charge in [0.25, 0.3) is 5.91 Å².